The van der Waals surface area contributed by atoms with E-state index in [4.69, 9.17) is 11.6 Å². The van der Waals surface area contributed by atoms with Gasteiger partial charge in [-0.3, -0.25) is 0 Å². The van der Waals surface area contributed by atoms with Crippen LogP contribution in [0, 0.1) is 0 Å². The molecule has 1 saturated carbocycles. The summed E-state index contributed by atoms with van der Waals surface area (Å²) >= 11 is 7.73. The van der Waals surface area contributed by atoms with E-state index >= 15 is 0 Å². The van der Waals surface area contributed by atoms with Gasteiger partial charge in [-0.1, -0.05) is 41.9 Å². The summed E-state index contributed by atoms with van der Waals surface area (Å²) < 4.78 is 0. The highest BCUT2D eigenvalue weighted by Gasteiger charge is 2.27. The number of aromatic nitrogens is 3. The molecule has 1 aliphatic rings. The number of thiazole rings is 1. The summed E-state index contributed by atoms with van der Waals surface area (Å²) in [6, 6.07) is 12.0. The van der Waals surface area contributed by atoms with Crippen molar-refractivity contribution in [2.45, 2.75) is 25.3 Å². The maximum atomic E-state index is 6.08. The summed E-state index contributed by atoms with van der Waals surface area (Å²) in [5.41, 5.74) is 2.14. The highest BCUT2D eigenvalue weighted by Crippen LogP contribution is 2.38. The van der Waals surface area contributed by atoms with E-state index in [0.29, 0.717) is 17.6 Å². The summed E-state index contributed by atoms with van der Waals surface area (Å²) in [7, 11) is 0. The second-order valence-corrected chi connectivity index (χ2v) is 6.82. The number of halogens is 1. The van der Waals surface area contributed by atoms with Crippen LogP contribution < -0.4 is 5.32 Å². The topological polar surface area (TPSA) is 50.7 Å². The standard InChI is InChI=1S/C17H15ClN4S/c18-14-8-15(22-16(21-14)11-6-7-11)19-9-13-10-23-17(20-13)12-4-2-1-3-5-12/h1-5,8,10-11H,6-7,9H2,(H,19,21,22). The van der Waals surface area contributed by atoms with Gasteiger partial charge in [0.2, 0.25) is 0 Å². The lowest BCUT2D eigenvalue weighted by Crippen LogP contribution is -2.04. The second kappa shape index (κ2) is 6.26. The first-order valence-electron chi connectivity index (χ1n) is 7.56. The SMILES string of the molecule is Clc1cc(NCc2csc(-c3ccccc3)n2)nc(C2CC2)n1. The minimum absolute atomic E-state index is 0.484. The van der Waals surface area contributed by atoms with E-state index in [1.54, 1.807) is 17.4 Å². The fraction of sp³-hybridized carbons (Fsp3) is 0.235. The van der Waals surface area contributed by atoms with Crippen molar-refractivity contribution in [3.05, 3.63) is 58.4 Å². The first-order chi connectivity index (χ1) is 11.3. The molecule has 0 atom stereocenters. The maximum absolute atomic E-state index is 6.08. The van der Waals surface area contributed by atoms with Gasteiger partial charge >= 0.3 is 0 Å². The third-order valence-electron chi connectivity index (χ3n) is 3.68. The fourth-order valence-electron chi connectivity index (χ4n) is 2.33. The van der Waals surface area contributed by atoms with E-state index in [0.717, 1.165) is 40.7 Å². The van der Waals surface area contributed by atoms with Crippen molar-refractivity contribution in [3.63, 3.8) is 0 Å². The van der Waals surface area contributed by atoms with Gasteiger partial charge in [0.15, 0.2) is 0 Å². The number of anilines is 1. The lowest BCUT2D eigenvalue weighted by atomic mass is 10.2. The molecule has 4 rings (SSSR count). The molecule has 1 N–H and O–H groups in total. The first kappa shape index (κ1) is 14.6. The fourth-order valence-corrected chi connectivity index (χ4v) is 3.35. The van der Waals surface area contributed by atoms with Crippen molar-refractivity contribution in [1.82, 2.24) is 15.0 Å². The molecule has 4 nitrogen and oxygen atoms in total. The molecule has 0 spiro atoms. The molecule has 1 aromatic carbocycles. The highest BCUT2D eigenvalue weighted by atomic mass is 35.5. The van der Waals surface area contributed by atoms with Crippen molar-refractivity contribution < 1.29 is 0 Å². The molecule has 2 heterocycles. The Morgan fingerprint density at radius 2 is 1.96 bits per heavy atom. The smallest absolute Gasteiger partial charge is 0.135 e. The zero-order chi connectivity index (χ0) is 15.6. The van der Waals surface area contributed by atoms with Crippen LogP contribution >= 0.6 is 22.9 Å². The summed E-state index contributed by atoms with van der Waals surface area (Å²) in [5.74, 6) is 2.10. The van der Waals surface area contributed by atoms with Gasteiger partial charge in [0, 0.05) is 22.9 Å². The number of nitrogens with one attached hydrogen (secondary N) is 1. The van der Waals surface area contributed by atoms with E-state index in [9.17, 15) is 0 Å². The Labute approximate surface area is 143 Å². The Bertz CT molecular complexity index is 814. The van der Waals surface area contributed by atoms with Gasteiger partial charge in [-0.2, -0.15) is 0 Å². The van der Waals surface area contributed by atoms with Crippen LogP contribution in [0.1, 0.15) is 30.3 Å². The monoisotopic (exact) mass is 342 g/mol. The van der Waals surface area contributed by atoms with Gasteiger partial charge in [0.25, 0.3) is 0 Å². The van der Waals surface area contributed by atoms with Crippen molar-refractivity contribution in [3.8, 4) is 10.6 Å². The zero-order valence-electron chi connectivity index (χ0n) is 12.4. The Hall–Kier alpha value is -1.98. The van der Waals surface area contributed by atoms with Gasteiger partial charge in [0.1, 0.15) is 21.8 Å². The molecule has 23 heavy (non-hydrogen) atoms. The quantitative estimate of drug-likeness (QED) is 0.680. The number of nitrogens with zero attached hydrogens (tertiary/aromatic N) is 3. The molecule has 0 unspecified atom stereocenters. The Kier molecular flexibility index (Phi) is 3.97. The summed E-state index contributed by atoms with van der Waals surface area (Å²) in [6.07, 6.45) is 2.32. The third-order valence-corrected chi connectivity index (χ3v) is 4.81. The first-order valence-corrected chi connectivity index (χ1v) is 8.82. The van der Waals surface area contributed by atoms with E-state index in [1.807, 2.05) is 18.2 Å². The van der Waals surface area contributed by atoms with E-state index in [-0.39, 0.29) is 0 Å². The number of hydrogen-bond acceptors (Lipinski definition) is 5. The van der Waals surface area contributed by atoms with E-state index < -0.39 is 0 Å². The molecule has 6 heteroatoms. The molecule has 0 amide bonds. The van der Waals surface area contributed by atoms with Crippen LogP contribution in [0.5, 0.6) is 0 Å². The van der Waals surface area contributed by atoms with Gasteiger partial charge in [0.05, 0.1) is 12.2 Å². The van der Waals surface area contributed by atoms with Crippen molar-refractivity contribution in [2.24, 2.45) is 0 Å². The summed E-state index contributed by atoms with van der Waals surface area (Å²) in [6.45, 7) is 0.626. The molecule has 1 fully saturated rings. The summed E-state index contributed by atoms with van der Waals surface area (Å²) in [4.78, 5) is 13.5. The molecule has 3 aromatic rings. The largest absolute Gasteiger partial charge is 0.364 e. The Morgan fingerprint density at radius 3 is 2.74 bits per heavy atom. The number of hydrogen-bond donors (Lipinski definition) is 1. The third kappa shape index (κ3) is 3.51. The van der Waals surface area contributed by atoms with Crippen molar-refractivity contribution in [1.29, 1.82) is 0 Å². The average Bonchev–Trinajstić information content (AvgIpc) is 3.32. The minimum Gasteiger partial charge on any atom is -0.364 e. The molecular formula is C17H15ClN4S. The van der Waals surface area contributed by atoms with Gasteiger partial charge in [-0.15, -0.1) is 11.3 Å². The number of rotatable bonds is 5. The molecule has 0 bridgehead atoms. The molecule has 0 saturated heterocycles. The molecule has 0 radical (unpaired) electrons. The Balaban J connectivity index is 1.46. The average molecular weight is 343 g/mol. The summed E-state index contributed by atoms with van der Waals surface area (Å²) in [5, 5.41) is 6.89. The van der Waals surface area contributed by atoms with E-state index in [2.05, 4.69) is 37.8 Å². The van der Waals surface area contributed by atoms with Crippen LogP contribution in [-0.4, -0.2) is 15.0 Å². The van der Waals surface area contributed by atoms with Crippen molar-refractivity contribution >= 4 is 28.8 Å². The molecule has 1 aliphatic carbocycles. The zero-order valence-corrected chi connectivity index (χ0v) is 13.9. The van der Waals surface area contributed by atoms with Gasteiger partial charge in [-0.05, 0) is 12.8 Å². The van der Waals surface area contributed by atoms with Crippen LogP contribution in [-0.2, 0) is 6.54 Å². The molecular weight excluding hydrogens is 328 g/mol. The highest BCUT2D eigenvalue weighted by molar-refractivity contribution is 7.13. The molecule has 0 aliphatic heterocycles. The van der Waals surface area contributed by atoms with Crippen LogP contribution in [0.3, 0.4) is 0 Å². The lowest BCUT2D eigenvalue weighted by molar-refractivity contribution is 0.918. The lowest BCUT2D eigenvalue weighted by Gasteiger charge is -2.06. The predicted molar refractivity (Wildman–Crippen MR) is 93.9 cm³/mol. The molecule has 116 valence electrons. The Morgan fingerprint density at radius 1 is 1.13 bits per heavy atom. The van der Waals surface area contributed by atoms with Crippen molar-refractivity contribution in [2.75, 3.05) is 5.32 Å². The second-order valence-electron chi connectivity index (χ2n) is 5.57. The van der Waals surface area contributed by atoms with Crippen LogP contribution in [0.4, 0.5) is 5.82 Å². The van der Waals surface area contributed by atoms with Crippen LogP contribution in [0.2, 0.25) is 5.15 Å². The van der Waals surface area contributed by atoms with Gasteiger partial charge in [-0.25, -0.2) is 15.0 Å². The maximum Gasteiger partial charge on any atom is 0.135 e. The predicted octanol–water partition coefficient (Wildman–Crippen LogP) is 4.74. The van der Waals surface area contributed by atoms with E-state index in [1.165, 1.54) is 0 Å². The van der Waals surface area contributed by atoms with Crippen LogP contribution in [0.15, 0.2) is 41.8 Å². The number of benzene rings is 1. The minimum atomic E-state index is 0.484. The van der Waals surface area contributed by atoms with Gasteiger partial charge < -0.3 is 5.32 Å². The molecule has 2 aromatic heterocycles. The van der Waals surface area contributed by atoms with Crippen LogP contribution in [0.25, 0.3) is 10.6 Å². The normalized spacial score (nSPS) is 14.0.